The van der Waals surface area contributed by atoms with Crippen molar-refractivity contribution >= 4 is 5.69 Å². The van der Waals surface area contributed by atoms with E-state index in [0.29, 0.717) is 12.1 Å². The van der Waals surface area contributed by atoms with E-state index in [1.165, 1.54) is 31.4 Å². The molecule has 2 atom stereocenters. The highest BCUT2D eigenvalue weighted by Gasteiger charge is 2.41. The first-order chi connectivity index (χ1) is 8.57. The van der Waals surface area contributed by atoms with Crippen LogP contribution in [0.1, 0.15) is 46.5 Å². The van der Waals surface area contributed by atoms with Gasteiger partial charge in [0.2, 0.25) is 0 Å². The van der Waals surface area contributed by atoms with Crippen molar-refractivity contribution in [1.29, 1.82) is 0 Å². The summed E-state index contributed by atoms with van der Waals surface area (Å²) in [7, 11) is 0. The van der Waals surface area contributed by atoms with E-state index in [0.717, 1.165) is 5.75 Å². The van der Waals surface area contributed by atoms with Gasteiger partial charge in [-0.15, -0.1) is 0 Å². The lowest BCUT2D eigenvalue weighted by molar-refractivity contribution is 0.103. The number of hydrogen-bond donors (Lipinski definition) is 0. The lowest BCUT2D eigenvalue weighted by Crippen LogP contribution is -2.58. The molecule has 2 unspecified atom stereocenters. The van der Waals surface area contributed by atoms with Crippen molar-refractivity contribution in [2.45, 2.75) is 64.1 Å². The summed E-state index contributed by atoms with van der Waals surface area (Å²) in [6.07, 6.45) is 5.48. The minimum absolute atomic E-state index is 0.153. The van der Waals surface area contributed by atoms with Gasteiger partial charge in [-0.2, -0.15) is 0 Å². The molecule has 3 rings (SSSR count). The maximum absolute atomic E-state index is 6.22. The molecule has 1 aromatic rings. The van der Waals surface area contributed by atoms with Crippen LogP contribution < -0.4 is 9.64 Å². The normalized spacial score (nSPS) is 27.2. The van der Waals surface area contributed by atoms with Gasteiger partial charge in [0.25, 0.3) is 0 Å². The average molecular weight is 245 g/mol. The van der Waals surface area contributed by atoms with Gasteiger partial charge in [-0.05, 0) is 52.2 Å². The Morgan fingerprint density at radius 2 is 1.83 bits per heavy atom. The molecule has 0 saturated heterocycles. The molecule has 98 valence electrons. The fraction of sp³-hybridized carbons (Fsp3) is 0.625. The summed E-state index contributed by atoms with van der Waals surface area (Å²) in [5.41, 5.74) is 1.42. The molecule has 0 spiro atoms. The Bertz CT molecular complexity index is 435. The predicted molar refractivity (Wildman–Crippen MR) is 75.3 cm³/mol. The molecule has 0 radical (unpaired) electrons. The minimum atomic E-state index is 0.153. The Morgan fingerprint density at radius 3 is 2.61 bits per heavy atom. The Kier molecular flexibility index (Phi) is 2.76. The van der Waals surface area contributed by atoms with Crippen molar-refractivity contribution in [3.63, 3.8) is 0 Å². The van der Waals surface area contributed by atoms with Gasteiger partial charge in [0, 0.05) is 5.54 Å². The van der Waals surface area contributed by atoms with Gasteiger partial charge in [0.15, 0.2) is 0 Å². The summed E-state index contributed by atoms with van der Waals surface area (Å²) in [5.74, 6) is 1.07. The SMILES string of the molecule is CC(C)(C)N1c2ccccc2OC2CCCCC21. The number of para-hydroxylation sites is 2. The smallest absolute Gasteiger partial charge is 0.143 e. The molecule has 1 heterocycles. The molecular weight excluding hydrogens is 222 g/mol. The van der Waals surface area contributed by atoms with Gasteiger partial charge in [-0.25, -0.2) is 0 Å². The first kappa shape index (κ1) is 11.9. The lowest BCUT2D eigenvalue weighted by atomic mass is 9.86. The number of rotatable bonds is 0. The topological polar surface area (TPSA) is 12.5 Å². The van der Waals surface area contributed by atoms with Crippen LogP contribution in [0.15, 0.2) is 24.3 Å². The van der Waals surface area contributed by atoms with Crippen molar-refractivity contribution in [1.82, 2.24) is 0 Å². The zero-order valence-electron chi connectivity index (χ0n) is 11.6. The summed E-state index contributed by atoms with van der Waals surface area (Å²) in [6.45, 7) is 6.92. The standard InChI is InChI=1S/C16H23NO/c1-16(2,3)17-12-8-4-6-10-14(12)18-15-11-7-5-9-13(15)17/h4,6,8,10,13,15H,5,7,9,11H2,1-3H3. The van der Waals surface area contributed by atoms with Crippen molar-refractivity contribution in [3.8, 4) is 5.75 Å². The van der Waals surface area contributed by atoms with Crippen LogP contribution in [0.5, 0.6) is 5.75 Å². The van der Waals surface area contributed by atoms with E-state index in [1.54, 1.807) is 0 Å². The van der Waals surface area contributed by atoms with Crippen LogP contribution >= 0.6 is 0 Å². The number of hydrogen-bond acceptors (Lipinski definition) is 2. The Morgan fingerprint density at radius 1 is 1.11 bits per heavy atom. The van der Waals surface area contributed by atoms with Crippen molar-refractivity contribution < 1.29 is 4.74 Å². The molecule has 1 aliphatic heterocycles. The quantitative estimate of drug-likeness (QED) is 0.685. The van der Waals surface area contributed by atoms with Crippen LogP contribution in [-0.2, 0) is 0 Å². The third-order valence-electron chi connectivity index (χ3n) is 4.13. The van der Waals surface area contributed by atoms with Crippen molar-refractivity contribution in [2.75, 3.05) is 4.90 Å². The summed E-state index contributed by atoms with van der Waals surface area (Å²) in [5, 5.41) is 0. The number of fused-ring (bicyclic) bond motifs is 2. The van der Waals surface area contributed by atoms with Crippen LogP contribution in [0.4, 0.5) is 5.69 Å². The number of ether oxygens (including phenoxy) is 1. The Labute approximate surface area is 110 Å². The van der Waals surface area contributed by atoms with E-state index in [-0.39, 0.29) is 5.54 Å². The largest absolute Gasteiger partial charge is 0.486 e. The molecule has 2 heteroatoms. The number of nitrogens with zero attached hydrogens (tertiary/aromatic N) is 1. The molecule has 1 fully saturated rings. The van der Waals surface area contributed by atoms with E-state index >= 15 is 0 Å². The zero-order valence-corrected chi connectivity index (χ0v) is 11.6. The molecule has 1 saturated carbocycles. The highest BCUT2D eigenvalue weighted by Crippen LogP contribution is 2.43. The minimum Gasteiger partial charge on any atom is -0.486 e. The van der Waals surface area contributed by atoms with E-state index in [4.69, 9.17) is 4.74 Å². The van der Waals surface area contributed by atoms with Crippen LogP contribution in [0, 0.1) is 0 Å². The fourth-order valence-electron chi connectivity index (χ4n) is 3.47. The van der Waals surface area contributed by atoms with Crippen LogP contribution in [0.25, 0.3) is 0 Å². The van der Waals surface area contributed by atoms with Gasteiger partial charge in [0.05, 0.1) is 11.7 Å². The average Bonchev–Trinajstić information content (AvgIpc) is 2.34. The van der Waals surface area contributed by atoms with E-state index in [2.05, 4.69) is 49.9 Å². The fourth-order valence-corrected chi connectivity index (χ4v) is 3.47. The third-order valence-corrected chi connectivity index (χ3v) is 4.13. The van der Waals surface area contributed by atoms with Gasteiger partial charge >= 0.3 is 0 Å². The zero-order chi connectivity index (χ0) is 12.8. The van der Waals surface area contributed by atoms with Gasteiger partial charge in [0.1, 0.15) is 11.9 Å². The lowest BCUT2D eigenvalue weighted by Gasteiger charge is -2.51. The summed E-state index contributed by atoms with van der Waals surface area (Å²) >= 11 is 0. The second-order valence-electron chi connectivity index (χ2n) is 6.52. The molecule has 0 amide bonds. The second-order valence-corrected chi connectivity index (χ2v) is 6.52. The Hall–Kier alpha value is -1.18. The number of benzene rings is 1. The molecule has 1 aromatic carbocycles. The van der Waals surface area contributed by atoms with Gasteiger partial charge in [-0.3, -0.25) is 0 Å². The molecule has 0 aromatic heterocycles. The van der Waals surface area contributed by atoms with E-state index < -0.39 is 0 Å². The highest BCUT2D eigenvalue weighted by molar-refractivity contribution is 5.62. The van der Waals surface area contributed by atoms with E-state index in [9.17, 15) is 0 Å². The molecular formula is C16H23NO. The molecule has 0 bridgehead atoms. The van der Waals surface area contributed by atoms with Crippen LogP contribution in [0.2, 0.25) is 0 Å². The van der Waals surface area contributed by atoms with Crippen molar-refractivity contribution in [3.05, 3.63) is 24.3 Å². The second kappa shape index (κ2) is 4.18. The number of anilines is 1. The van der Waals surface area contributed by atoms with Gasteiger partial charge < -0.3 is 9.64 Å². The van der Waals surface area contributed by atoms with Crippen LogP contribution in [-0.4, -0.2) is 17.7 Å². The molecule has 2 aliphatic rings. The molecule has 2 nitrogen and oxygen atoms in total. The highest BCUT2D eigenvalue weighted by atomic mass is 16.5. The van der Waals surface area contributed by atoms with Crippen LogP contribution in [0.3, 0.4) is 0 Å². The van der Waals surface area contributed by atoms with Crippen molar-refractivity contribution in [2.24, 2.45) is 0 Å². The van der Waals surface area contributed by atoms with E-state index in [1.807, 2.05) is 0 Å². The maximum atomic E-state index is 6.22. The summed E-state index contributed by atoms with van der Waals surface area (Å²) in [4.78, 5) is 2.59. The first-order valence-electron chi connectivity index (χ1n) is 7.12. The third kappa shape index (κ3) is 1.88. The molecule has 0 N–H and O–H groups in total. The summed E-state index contributed by atoms with van der Waals surface area (Å²) in [6, 6.07) is 9.05. The first-order valence-corrected chi connectivity index (χ1v) is 7.12. The maximum Gasteiger partial charge on any atom is 0.143 e. The van der Waals surface area contributed by atoms with Gasteiger partial charge in [-0.1, -0.05) is 18.6 Å². The molecule has 18 heavy (non-hydrogen) atoms. The predicted octanol–water partition coefficient (Wildman–Crippen LogP) is 4.00. The molecule has 1 aliphatic carbocycles. The summed E-state index contributed by atoms with van der Waals surface area (Å²) < 4.78 is 6.22. The monoisotopic (exact) mass is 245 g/mol. The Balaban J connectivity index is 2.06.